The Morgan fingerprint density at radius 2 is 1.71 bits per heavy atom. The molecule has 0 radical (unpaired) electrons. The quantitative estimate of drug-likeness (QED) is 0.675. The molecule has 1 N–H and O–H groups in total. The Morgan fingerprint density at radius 1 is 1.05 bits per heavy atom. The van der Waals surface area contributed by atoms with Gasteiger partial charge in [-0.25, -0.2) is 9.59 Å². The van der Waals surface area contributed by atoms with Gasteiger partial charge in [0.2, 0.25) is 0 Å². The highest BCUT2D eigenvalue weighted by atomic mass is 16.6. The van der Waals surface area contributed by atoms with Crippen LogP contribution in [0, 0.1) is 6.92 Å². The predicted molar refractivity (Wildman–Crippen MR) is 75.7 cm³/mol. The van der Waals surface area contributed by atoms with Crippen LogP contribution >= 0.6 is 0 Å². The molecule has 0 fully saturated rings. The number of para-hydroxylation sites is 1. The van der Waals surface area contributed by atoms with Gasteiger partial charge in [0, 0.05) is 0 Å². The number of carboxylic acids is 1. The summed E-state index contributed by atoms with van der Waals surface area (Å²) >= 11 is 0. The molecule has 0 aliphatic rings. The maximum Gasteiger partial charge on any atom is 0.349 e. The van der Waals surface area contributed by atoms with Crippen LogP contribution in [-0.2, 0) is 4.79 Å². The Balaban J connectivity index is 1.90. The maximum absolute atomic E-state index is 11.7. The molecule has 108 valence electrons. The summed E-state index contributed by atoms with van der Waals surface area (Å²) in [5.41, 5.74) is 1.06. The molecule has 21 heavy (non-hydrogen) atoms. The van der Waals surface area contributed by atoms with Crippen LogP contribution in [0.1, 0.15) is 15.9 Å². The van der Waals surface area contributed by atoms with Gasteiger partial charge in [-0.2, -0.15) is 0 Å². The van der Waals surface area contributed by atoms with E-state index in [9.17, 15) is 9.59 Å². The third-order valence-electron chi connectivity index (χ3n) is 2.77. The highest BCUT2D eigenvalue weighted by molar-refractivity contribution is 5.87. The fraction of sp³-hybridized carbons (Fsp3) is 0.125. The van der Waals surface area contributed by atoms with Gasteiger partial charge in [-0.1, -0.05) is 18.2 Å². The molecule has 2 aromatic carbocycles. The van der Waals surface area contributed by atoms with Crippen molar-refractivity contribution in [2.45, 2.75) is 6.92 Å². The van der Waals surface area contributed by atoms with E-state index < -0.39 is 11.9 Å². The summed E-state index contributed by atoms with van der Waals surface area (Å²) in [6.45, 7) is 1.66. The van der Waals surface area contributed by atoms with Crippen LogP contribution in [0.4, 0.5) is 0 Å². The van der Waals surface area contributed by atoms with E-state index in [1.165, 1.54) is 24.3 Å². The molecular weight excluding hydrogens is 272 g/mol. The summed E-state index contributed by atoms with van der Waals surface area (Å²) in [4.78, 5) is 22.4. The largest absolute Gasteiger partial charge is 0.482 e. The lowest BCUT2D eigenvalue weighted by molar-refractivity contribution is -0.136. The van der Waals surface area contributed by atoms with Crippen molar-refractivity contribution < 1.29 is 24.2 Å². The summed E-state index contributed by atoms with van der Waals surface area (Å²) < 4.78 is 10.4. The van der Waals surface area contributed by atoms with Crippen LogP contribution < -0.4 is 9.47 Å². The lowest BCUT2D eigenvalue weighted by Gasteiger charge is -2.08. The molecule has 0 spiro atoms. The molecule has 0 saturated carbocycles. The van der Waals surface area contributed by atoms with Gasteiger partial charge in [-0.15, -0.1) is 0 Å². The fourth-order valence-electron chi connectivity index (χ4n) is 1.68. The molecular formula is C16H14O5. The van der Waals surface area contributed by atoms with E-state index in [0.29, 0.717) is 5.75 Å². The van der Waals surface area contributed by atoms with E-state index in [0.717, 1.165) is 5.56 Å². The smallest absolute Gasteiger partial charge is 0.349 e. The average Bonchev–Trinajstić information content (AvgIpc) is 2.47. The molecule has 5 nitrogen and oxygen atoms in total. The first-order valence-electron chi connectivity index (χ1n) is 6.29. The molecule has 0 atom stereocenters. The fourth-order valence-corrected chi connectivity index (χ4v) is 1.68. The van der Waals surface area contributed by atoms with E-state index in [-0.39, 0.29) is 17.9 Å². The Kier molecular flexibility index (Phi) is 4.56. The highest BCUT2D eigenvalue weighted by Crippen LogP contribution is 2.16. The number of aryl methyl sites for hydroxylation is 1. The van der Waals surface area contributed by atoms with E-state index in [4.69, 9.17) is 14.6 Å². The number of carboxylic acid groups (broad SMARTS) is 1. The number of hydrogen-bond acceptors (Lipinski definition) is 4. The Morgan fingerprint density at radius 3 is 2.33 bits per heavy atom. The number of carbonyl (C=O) groups is 2. The first-order valence-corrected chi connectivity index (χ1v) is 6.29. The van der Waals surface area contributed by atoms with Crippen molar-refractivity contribution in [3.8, 4) is 11.5 Å². The summed E-state index contributed by atoms with van der Waals surface area (Å²) in [7, 11) is 0. The second kappa shape index (κ2) is 6.56. The molecule has 0 bridgehead atoms. The monoisotopic (exact) mass is 286 g/mol. The Labute approximate surface area is 121 Å². The van der Waals surface area contributed by atoms with Crippen LogP contribution in [-0.4, -0.2) is 23.7 Å². The molecule has 0 aromatic heterocycles. The molecule has 0 heterocycles. The Hall–Kier alpha value is -2.82. The maximum atomic E-state index is 11.7. The first kappa shape index (κ1) is 14.6. The van der Waals surface area contributed by atoms with Gasteiger partial charge >= 0.3 is 11.9 Å². The van der Waals surface area contributed by atoms with Crippen molar-refractivity contribution in [1.82, 2.24) is 0 Å². The van der Waals surface area contributed by atoms with Crippen LogP contribution in [0.5, 0.6) is 11.5 Å². The molecule has 2 rings (SSSR count). The van der Waals surface area contributed by atoms with Gasteiger partial charge in [0.15, 0.2) is 6.61 Å². The minimum Gasteiger partial charge on any atom is -0.482 e. The van der Waals surface area contributed by atoms with Gasteiger partial charge in [0.25, 0.3) is 0 Å². The van der Waals surface area contributed by atoms with E-state index in [1.807, 2.05) is 25.1 Å². The SMILES string of the molecule is Cc1ccccc1OCC(=O)Oc1ccc(C(=O)O)cc1. The number of benzene rings is 2. The zero-order valence-electron chi connectivity index (χ0n) is 11.4. The molecule has 2 aromatic rings. The summed E-state index contributed by atoms with van der Waals surface area (Å²) in [5.74, 6) is -0.689. The summed E-state index contributed by atoms with van der Waals surface area (Å²) in [5, 5.41) is 8.77. The normalized spacial score (nSPS) is 9.95. The topological polar surface area (TPSA) is 72.8 Å². The summed E-state index contributed by atoms with van der Waals surface area (Å²) in [6.07, 6.45) is 0. The van der Waals surface area contributed by atoms with Crippen molar-refractivity contribution in [3.63, 3.8) is 0 Å². The Bertz CT molecular complexity index is 646. The van der Waals surface area contributed by atoms with Gasteiger partial charge in [-0.3, -0.25) is 0 Å². The molecule has 0 aliphatic carbocycles. The standard InChI is InChI=1S/C16H14O5/c1-11-4-2-3-5-14(11)20-10-15(17)21-13-8-6-12(7-9-13)16(18)19/h2-9H,10H2,1H3,(H,18,19). The van der Waals surface area contributed by atoms with Crippen LogP contribution in [0.3, 0.4) is 0 Å². The molecule has 5 heteroatoms. The average molecular weight is 286 g/mol. The van der Waals surface area contributed by atoms with Gasteiger partial charge in [-0.05, 0) is 42.8 Å². The van der Waals surface area contributed by atoms with Crippen LogP contribution in [0.25, 0.3) is 0 Å². The van der Waals surface area contributed by atoms with Crippen molar-refractivity contribution in [2.24, 2.45) is 0 Å². The molecule has 0 amide bonds. The highest BCUT2D eigenvalue weighted by Gasteiger charge is 2.08. The second-order valence-corrected chi connectivity index (χ2v) is 4.36. The zero-order valence-corrected chi connectivity index (χ0v) is 11.4. The van der Waals surface area contributed by atoms with Crippen LogP contribution in [0.2, 0.25) is 0 Å². The van der Waals surface area contributed by atoms with Crippen molar-refractivity contribution >= 4 is 11.9 Å². The minimum atomic E-state index is -1.03. The van der Waals surface area contributed by atoms with Gasteiger partial charge < -0.3 is 14.6 Å². The van der Waals surface area contributed by atoms with E-state index in [2.05, 4.69) is 0 Å². The van der Waals surface area contributed by atoms with E-state index in [1.54, 1.807) is 6.07 Å². The lowest BCUT2D eigenvalue weighted by Crippen LogP contribution is -2.18. The van der Waals surface area contributed by atoms with Crippen LogP contribution in [0.15, 0.2) is 48.5 Å². The summed E-state index contributed by atoms with van der Waals surface area (Å²) in [6, 6.07) is 12.9. The third kappa shape index (κ3) is 4.07. The van der Waals surface area contributed by atoms with Crippen molar-refractivity contribution in [3.05, 3.63) is 59.7 Å². The zero-order chi connectivity index (χ0) is 15.2. The first-order chi connectivity index (χ1) is 10.1. The lowest BCUT2D eigenvalue weighted by atomic mass is 10.2. The molecule has 0 aliphatic heterocycles. The van der Waals surface area contributed by atoms with Gasteiger partial charge in [0.1, 0.15) is 11.5 Å². The predicted octanol–water partition coefficient (Wildman–Crippen LogP) is 2.68. The number of hydrogen-bond donors (Lipinski definition) is 1. The van der Waals surface area contributed by atoms with Gasteiger partial charge in [0.05, 0.1) is 5.56 Å². The second-order valence-electron chi connectivity index (χ2n) is 4.36. The van der Waals surface area contributed by atoms with E-state index >= 15 is 0 Å². The number of ether oxygens (including phenoxy) is 2. The number of esters is 1. The number of aromatic carboxylic acids is 1. The number of carbonyl (C=O) groups excluding carboxylic acids is 1. The number of rotatable bonds is 5. The molecule has 0 saturated heterocycles. The molecule has 0 unspecified atom stereocenters. The van der Waals surface area contributed by atoms with Crippen molar-refractivity contribution in [2.75, 3.05) is 6.61 Å². The third-order valence-corrected chi connectivity index (χ3v) is 2.77. The minimum absolute atomic E-state index is 0.131. The van der Waals surface area contributed by atoms with Crippen molar-refractivity contribution in [1.29, 1.82) is 0 Å².